The van der Waals surface area contributed by atoms with Crippen molar-refractivity contribution in [3.8, 4) is 0 Å². The molecule has 0 bridgehead atoms. The van der Waals surface area contributed by atoms with E-state index in [-0.39, 0.29) is 11.5 Å². The van der Waals surface area contributed by atoms with Crippen LogP contribution in [0.3, 0.4) is 0 Å². The number of esters is 1. The highest BCUT2D eigenvalue weighted by Crippen LogP contribution is 2.16. The van der Waals surface area contributed by atoms with Gasteiger partial charge in [-0.1, -0.05) is 74.5 Å². The van der Waals surface area contributed by atoms with E-state index in [9.17, 15) is 4.79 Å². The van der Waals surface area contributed by atoms with Crippen molar-refractivity contribution in [3.05, 3.63) is 102 Å². The Morgan fingerprint density at radius 2 is 1.39 bits per heavy atom. The largest absolute Gasteiger partial charge is 0.461 e. The van der Waals surface area contributed by atoms with Crippen LogP contribution in [0.1, 0.15) is 35.3 Å². The van der Waals surface area contributed by atoms with Gasteiger partial charge in [-0.3, -0.25) is 4.84 Å². The molecule has 0 aliphatic carbocycles. The van der Waals surface area contributed by atoms with Crippen LogP contribution in [0, 0.1) is 0 Å². The summed E-state index contributed by atoms with van der Waals surface area (Å²) in [7, 11) is 0. The summed E-state index contributed by atoms with van der Waals surface area (Å²) in [4.78, 5) is 16.4. The topological polar surface area (TPSA) is 93.6 Å². The van der Waals surface area contributed by atoms with E-state index < -0.39 is 0 Å². The highest BCUT2D eigenvalue weighted by atomic mass is 35.5. The molecule has 3 aromatic rings. The fourth-order valence-electron chi connectivity index (χ4n) is 3.77. The molecule has 0 spiro atoms. The van der Waals surface area contributed by atoms with E-state index in [1.807, 2.05) is 36.4 Å². The van der Waals surface area contributed by atoms with Gasteiger partial charge in [0.2, 0.25) is 0 Å². The Kier molecular flexibility index (Phi) is 13.0. The number of rotatable bonds is 12. The number of likely N-dealkylation sites (N-methyl/N-ethyl adjacent to an activating group) is 1. The molecule has 0 aliphatic rings. The van der Waals surface area contributed by atoms with E-state index in [1.165, 1.54) is 11.1 Å². The smallest absolute Gasteiger partial charge is 0.338 e. The van der Waals surface area contributed by atoms with E-state index in [4.69, 9.17) is 28.0 Å². The summed E-state index contributed by atoms with van der Waals surface area (Å²) in [6, 6.07) is 27.4. The van der Waals surface area contributed by atoms with E-state index in [0.717, 1.165) is 38.2 Å². The fraction of sp³-hybridized carbons (Fsp3) is 0.345. The molecule has 0 heterocycles. The first-order chi connectivity index (χ1) is 17.4. The van der Waals surface area contributed by atoms with Crippen LogP contribution in [-0.4, -0.2) is 49.2 Å². The molecule has 0 radical (unpaired) electrons. The van der Waals surface area contributed by atoms with Gasteiger partial charge in [-0.25, -0.2) is 4.79 Å². The monoisotopic (exact) mass is 510 g/mol. The first-order valence-electron chi connectivity index (χ1n) is 12.4. The molecular formula is C29H39ClN4O2. The summed E-state index contributed by atoms with van der Waals surface area (Å²) in [5.74, 6) is -0.303. The first kappa shape index (κ1) is 29.3. The van der Waals surface area contributed by atoms with Crippen LogP contribution in [0.4, 0.5) is 5.69 Å². The summed E-state index contributed by atoms with van der Waals surface area (Å²) < 4.78 is 5.20. The number of carbonyl (C=O) groups is 1. The molecule has 0 atom stereocenters. The SMILES string of the molecule is CCN(CC)CCOC(=O)c1ccc(NCl)cc1.NCC(N)(Cc1ccccc1)Cc1ccccc1. The molecule has 0 amide bonds. The third-order valence-corrected chi connectivity index (χ3v) is 6.19. The maximum atomic E-state index is 11.7. The van der Waals surface area contributed by atoms with E-state index in [2.05, 4.69) is 47.8 Å². The number of anilines is 1. The quantitative estimate of drug-likeness (QED) is 0.237. The zero-order chi connectivity index (χ0) is 26.2. The number of nitrogens with zero attached hydrogens (tertiary/aromatic N) is 1. The van der Waals surface area contributed by atoms with Gasteiger partial charge in [0.25, 0.3) is 0 Å². The Bertz CT molecular complexity index is 955. The molecule has 6 nitrogen and oxygen atoms in total. The van der Waals surface area contributed by atoms with Crippen molar-refractivity contribution in [1.82, 2.24) is 4.90 Å². The summed E-state index contributed by atoms with van der Waals surface area (Å²) in [5, 5.41) is 0. The Morgan fingerprint density at radius 3 is 1.81 bits per heavy atom. The molecule has 5 N–H and O–H groups in total. The lowest BCUT2D eigenvalue weighted by molar-refractivity contribution is 0.0466. The van der Waals surface area contributed by atoms with Crippen molar-refractivity contribution in [2.45, 2.75) is 32.2 Å². The molecule has 3 aromatic carbocycles. The minimum absolute atomic E-state index is 0.303. The third kappa shape index (κ3) is 10.4. The lowest BCUT2D eigenvalue weighted by Gasteiger charge is -2.28. The molecule has 0 unspecified atom stereocenters. The van der Waals surface area contributed by atoms with Gasteiger partial charge in [-0.05, 0) is 61.3 Å². The van der Waals surface area contributed by atoms with Crippen LogP contribution in [0.25, 0.3) is 0 Å². The molecule has 0 fully saturated rings. The highest BCUT2D eigenvalue weighted by Gasteiger charge is 2.24. The van der Waals surface area contributed by atoms with Crippen molar-refractivity contribution >= 4 is 23.4 Å². The van der Waals surface area contributed by atoms with Crippen molar-refractivity contribution in [2.75, 3.05) is 37.6 Å². The van der Waals surface area contributed by atoms with Gasteiger partial charge in [0.1, 0.15) is 6.61 Å². The lowest BCUT2D eigenvalue weighted by Crippen LogP contribution is -2.50. The number of carbonyl (C=O) groups excluding carboxylic acids is 1. The number of benzene rings is 3. The average molecular weight is 511 g/mol. The summed E-state index contributed by atoms with van der Waals surface area (Å²) in [6.07, 6.45) is 1.61. The average Bonchev–Trinajstić information content (AvgIpc) is 2.92. The first-order valence-corrected chi connectivity index (χ1v) is 12.7. The second-order valence-corrected chi connectivity index (χ2v) is 8.91. The Hall–Kier alpha value is -2.90. The van der Waals surface area contributed by atoms with Gasteiger partial charge < -0.3 is 21.1 Å². The van der Waals surface area contributed by atoms with E-state index >= 15 is 0 Å². The predicted molar refractivity (Wildman–Crippen MR) is 150 cm³/mol. The number of ether oxygens (including phenoxy) is 1. The molecule has 3 rings (SSSR count). The maximum Gasteiger partial charge on any atom is 0.338 e. The van der Waals surface area contributed by atoms with Gasteiger partial charge in [0.15, 0.2) is 0 Å². The fourth-order valence-corrected chi connectivity index (χ4v) is 3.90. The zero-order valence-corrected chi connectivity index (χ0v) is 22.1. The number of halogens is 1. The lowest BCUT2D eigenvalue weighted by atomic mass is 9.86. The molecule has 7 heteroatoms. The van der Waals surface area contributed by atoms with Crippen LogP contribution in [0.5, 0.6) is 0 Å². The van der Waals surface area contributed by atoms with Crippen LogP contribution >= 0.6 is 11.8 Å². The van der Waals surface area contributed by atoms with Gasteiger partial charge in [-0.15, -0.1) is 0 Å². The van der Waals surface area contributed by atoms with Gasteiger partial charge in [0, 0.05) is 36.1 Å². The number of nitrogens with two attached hydrogens (primary N) is 2. The Labute approximate surface area is 220 Å². The Morgan fingerprint density at radius 1 is 0.889 bits per heavy atom. The summed E-state index contributed by atoms with van der Waals surface area (Å²) >= 11 is 5.44. The van der Waals surface area contributed by atoms with Crippen molar-refractivity contribution in [3.63, 3.8) is 0 Å². The second kappa shape index (κ2) is 16.0. The van der Waals surface area contributed by atoms with Crippen LogP contribution in [0.15, 0.2) is 84.9 Å². The van der Waals surface area contributed by atoms with Crippen molar-refractivity contribution in [1.29, 1.82) is 0 Å². The molecule has 0 aromatic heterocycles. The molecule has 0 saturated heterocycles. The predicted octanol–water partition coefficient (Wildman–Crippen LogP) is 4.88. The molecular weight excluding hydrogens is 472 g/mol. The van der Waals surface area contributed by atoms with Crippen LogP contribution in [0.2, 0.25) is 0 Å². The molecule has 0 saturated carbocycles. The van der Waals surface area contributed by atoms with Crippen LogP contribution < -0.4 is 16.3 Å². The zero-order valence-electron chi connectivity index (χ0n) is 21.3. The molecule has 194 valence electrons. The summed E-state index contributed by atoms with van der Waals surface area (Å²) in [6.45, 7) is 7.76. The van der Waals surface area contributed by atoms with E-state index in [1.54, 1.807) is 24.3 Å². The number of nitrogens with one attached hydrogen (secondary N) is 1. The van der Waals surface area contributed by atoms with Gasteiger partial charge in [0.05, 0.1) is 5.56 Å². The normalized spacial score (nSPS) is 10.9. The molecule has 36 heavy (non-hydrogen) atoms. The van der Waals surface area contributed by atoms with Crippen molar-refractivity contribution in [2.24, 2.45) is 11.5 Å². The van der Waals surface area contributed by atoms with Crippen molar-refractivity contribution < 1.29 is 9.53 Å². The van der Waals surface area contributed by atoms with Crippen LogP contribution in [-0.2, 0) is 17.6 Å². The standard InChI is InChI=1S/C16H20N2.C13H19ClN2O2/c17-13-16(18,11-14-7-3-1-4-8-14)12-15-9-5-2-6-10-15;1-3-16(4-2)9-10-18-13(17)11-5-7-12(15-14)8-6-11/h1-10H,11-13,17-18H2;5-8,15H,3-4,9-10H2,1-2H3. The highest BCUT2D eigenvalue weighted by molar-refractivity contribution is 6.23. The third-order valence-electron chi connectivity index (χ3n) is 5.97. The number of hydrogen-bond donors (Lipinski definition) is 3. The minimum Gasteiger partial charge on any atom is -0.461 e. The maximum absolute atomic E-state index is 11.7. The molecule has 0 aliphatic heterocycles. The van der Waals surface area contributed by atoms with E-state index in [0.29, 0.717) is 18.7 Å². The second-order valence-electron chi connectivity index (χ2n) is 8.73. The van der Waals surface area contributed by atoms with Gasteiger partial charge >= 0.3 is 5.97 Å². The summed E-state index contributed by atoms with van der Waals surface area (Å²) in [5.41, 5.74) is 15.7. The minimum atomic E-state index is -0.372. The number of hydrogen-bond acceptors (Lipinski definition) is 6. The Balaban J connectivity index is 0.000000254. The van der Waals surface area contributed by atoms with Gasteiger partial charge in [-0.2, -0.15) is 0 Å².